The van der Waals surface area contributed by atoms with E-state index in [1.807, 2.05) is 13.8 Å². The summed E-state index contributed by atoms with van der Waals surface area (Å²) >= 11 is 0. The monoisotopic (exact) mass is 186 g/mol. The van der Waals surface area contributed by atoms with E-state index in [2.05, 4.69) is 0 Å². The molecule has 0 aromatic heterocycles. The zero-order chi connectivity index (χ0) is 10.0. The first kappa shape index (κ1) is 10.0. The normalized spacial score (nSPS) is 28.6. The highest BCUT2D eigenvalue weighted by molar-refractivity contribution is 5.87. The van der Waals surface area contributed by atoms with Gasteiger partial charge in [-0.3, -0.25) is 0 Å². The summed E-state index contributed by atoms with van der Waals surface area (Å²) < 4.78 is 9.71. The van der Waals surface area contributed by atoms with Gasteiger partial charge in [0, 0.05) is 0 Å². The van der Waals surface area contributed by atoms with Crippen molar-refractivity contribution in [2.24, 2.45) is 5.92 Å². The molecule has 0 aliphatic carbocycles. The van der Waals surface area contributed by atoms with Gasteiger partial charge in [0.25, 0.3) is 0 Å². The Hall–Kier alpha value is -1.06. The summed E-state index contributed by atoms with van der Waals surface area (Å²) in [5, 5.41) is 0. The summed E-state index contributed by atoms with van der Waals surface area (Å²) in [5.41, 5.74) is 0. The molecule has 1 fully saturated rings. The van der Waals surface area contributed by atoms with Crippen LogP contribution in [0.15, 0.2) is 0 Å². The van der Waals surface area contributed by atoms with Gasteiger partial charge in [0.1, 0.15) is 0 Å². The Morgan fingerprint density at radius 3 is 2.38 bits per heavy atom. The largest absolute Gasteiger partial charge is 0.448 e. The average molecular weight is 186 g/mol. The van der Waals surface area contributed by atoms with Gasteiger partial charge in [-0.2, -0.15) is 0 Å². The number of carbonyl (C=O) groups is 2. The minimum atomic E-state index is -0.754. The molecule has 4 heteroatoms. The lowest BCUT2D eigenvalue weighted by Crippen LogP contribution is -2.43. The summed E-state index contributed by atoms with van der Waals surface area (Å²) in [4.78, 5) is 22.2. The molecule has 0 N–H and O–H groups in total. The summed E-state index contributed by atoms with van der Waals surface area (Å²) in [6, 6.07) is 0. The highest BCUT2D eigenvalue weighted by atomic mass is 16.6. The summed E-state index contributed by atoms with van der Waals surface area (Å²) in [6.07, 6.45) is -0.934. The van der Waals surface area contributed by atoms with Crippen LogP contribution in [0.25, 0.3) is 0 Å². The number of esters is 2. The van der Waals surface area contributed by atoms with Crippen molar-refractivity contribution in [2.75, 3.05) is 0 Å². The highest BCUT2D eigenvalue weighted by Crippen LogP contribution is 2.16. The molecule has 1 rings (SSSR count). The van der Waals surface area contributed by atoms with E-state index in [-0.39, 0.29) is 0 Å². The molecule has 1 aliphatic heterocycles. The number of ether oxygens (including phenoxy) is 2. The van der Waals surface area contributed by atoms with Crippen LogP contribution in [-0.2, 0) is 19.1 Å². The van der Waals surface area contributed by atoms with Gasteiger partial charge in [-0.15, -0.1) is 0 Å². The molecule has 0 aromatic carbocycles. The Balaban J connectivity index is 2.56. The SMILES string of the molecule is CC(C)CC1OC(=O)C(C)OC1=O. The first-order valence-corrected chi connectivity index (χ1v) is 4.41. The predicted octanol–water partition coefficient (Wildman–Crippen LogP) is 0.890. The van der Waals surface area contributed by atoms with Crippen LogP contribution in [0.3, 0.4) is 0 Å². The van der Waals surface area contributed by atoms with Crippen molar-refractivity contribution in [1.29, 1.82) is 0 Å². The molecule has 1 saturated heterocycles. The zero-order valence-corrected chi connectivity index (χ0v) is 8.07. The van der Waals surface area contributed by atoms with Crippen molar-refractivity contribution in [1.82, 2.24) is 0 Å². The zero-order valence-electron chi connectivity index (χ0n) is 8.07. The van der Waals surface area contributed by atoms with Gasteiger partial charge in [0.05, 0.1) is 0 Å². The number of cyclic esters (lactones) is 2. The van der Waals surface area contributed by atoms with Crippen LogP contribution in [0.4, 0.5) is 0 Å². The lowest BCUT2D eigenvalue weighted by Gasteiger charge is -2.26. The fraction of sp³-hybridized carbons (Fsp3) is 0.778. The second-order valence-electron chi connectivity index (χ2n) is 3.63. The van der Waals surface area contributed by atoms with E-state index in [0.717, 1.165) is 0 Å². The van der Waals surface area contributed by atoms with Crippen LogP contribution in [0, 0.1) is 5.92 Å². The van der Waals surface area contributed by atoms with Crippen molar-refractivity contribution in [3.63, 3.8) is 0 Å². The van der Waals surface area contributed by atoms with E-state index in [1.165, 1.54) is 6.92 Å². The lowest BCUT2D eigenvalue weighted by molar-refractivity contribution is -0.194. The molecule has 0 spiro atoms. The standard InChI is InChI=1S/C9H14O4/c1-5(2)4-7-9(11)12-6(3)8(10)13-7/h5-7H,4H2,1-3H3. The molecule has 2 unspecified atom stereocenters. The predicted molar refractivity (Wildman–Crippen MR) is 44.9 cm³/mol. The van der Waals surface area contributed by atoms with Crippen LogP contribution in [0.1, 0.15) is 27.2 Å². The number of rotatable bonds is 2. The smallest absolute Gasteiger partial charge is 0.348 e. The fourth-order valence-corrected chi connectivity index (χ4v) is 1.15. The van der Waals surface area contributed by atoms with Gasteiger partial charge in [0.15, 0.2) is 12.2 Å². The van der Waals surface area contributed by atoms with Crippen molar-refractivity contribution >= 4 is 11.9 Å². The van der Waals surface area contributed by atoms with E-state index in [0.29, 0.717) is 12.3 Å². The van der Waals surface area contributed by atoms with Crippen LogP contribution in [-0.4, -0.2) is 24.1 Å². The van der Waals surface area contributed by atoms with Gasteiger partial charge in [-0.1, -0.05) is 13.8 Å². The molecule has 1 aliphatic rings. The Morgan fingerprint density at radius 2 is 1.85 bits per heavy atom. The molecular formula is C9H14O4. The maximum absolute atomic E-state index is 11.2. The van der Waals surface area contributed by atoms with Gasteiger partial charge >= 0.3 is 11.9 Å². The average Bonchev–Trinajstić information content (AvgIpc) is 1.99. The molecule has 74 valence electrons. The van der Waals surface area contributed by atoms with Gasteiger partial charge in [-0.05, 0) is 19.3 Å². The van der Waals surface area contributed by atoms with E-state index < -0.39 is 24.1 Å². The second-order valence-corrected chi connectivity index (χ2v) is 3.63. The van der Waals surface area contributed by atoms with Gasteiger partial charge in [-0.25, -0.2) is 9.59 Å². The van der Waals surface area contributed by atoms with Crippen LogP contribution in [0.2, 0.25) is 0 Å². The van der Waals surface area contributed by atoms with Gasteiger partial charge in [0.2, 0.25) is 0 Å². The van der Waals surface area contributed by atoms with E-state index >= 15 is 0 Å². The van der Waals surface area contributed by atoms with Crippen molar-refractivity contribution in [3.05, 3.63) is 0 Å². The third kappa shape index (κ3) is 2.44. The maximum Gasteiger partial charge on any atom is 0.348 e. The van der Waals surface area contributed by atoms with Crippen LogP contribution in [0.5, 0.6) is 0 Å². The molecule has 13 heavy (non-hydrogen) atoms. The number of hydrogen-bond acceptors (Lipinski definition) is 4. The Labute approximate surface area is 77.2 Å². The van der Waals surface area contributed by atoms with E-state index in [4.69, 9.17) is 9.47 Å². The molecule has 0 radical (unpaired) electrons. The quantitative estimate of drug-likeness (QED) is 0.601. The first-order valence-electron chi connectivity index (χ1n) is 4.41. The maximum atomic E-state index is 11.2. The Morgan fingerprint density at radius 1 is 1.23 bits per heavy atom. The minimum Gasteiger partial charge on any atom is -0.448 e. The van der Waals surface area contributed by atoms with E-state index in [9.17, 15) is 9.59 Å². The number of hydrogen-bond donors (Lipinski definition) is 0. The van der Waals surface area contributed by atoms with Crippen LogP contribution >= 0.6 is 0 Å². The molecule has 0 amide bonds. The molecule has 0 bridgehead atoms. The summed E-state index contributed by atoms with van der Waals surface area (Å²) in [7, 11) is 0. The fourth-order valence-electron chi connectivity index (χ4n) is 1.15. The van der Waals surface area contributed by atoms with Crippen molar-refractivity contribution in [3.8, 4) is 0 Å². The Kier molecular flexibility index (Phi) is 2.90. The molecule has 2 atom stereocenters. The first-order chi connectivity index (χ1) is 6.00. The molecule has 1 heterocycles. The van der Waals surface area contributed by atoms with Crippen LogP contribution < -0.4 is 0 Å². The second kappa shape index (κ2) is 3.77. The topological polar surface area (TPSA) is 52.6 Å². The molecular weight excluding hydrogens is 172 g/mol. The van der Waals surface area contributed by atoms with Crippen molar-refractivity contribution < 1.29 is 19.1 Å². The Bertz CT molecular complexity index is 222. The lowest BCUT2D eigenvalue weighted by atomic mass is 10.1. The summed E-state index contributed by atoms with van der Waals surface area (Å²) in [6.45, 7) is 5.42. The third-order valence-electron chi connectivity index (χ3n) is 1.83. The molecule has 0 saturated carbocycles. The highest BCUT2D eigenvalue weighted by Gasteiger charge is 2.35. The summed E-state index contributed by atoms with van der Waals surface area (Å²) in [5.74, 6) is -0.579. The minimum absolute atomic E-state index is 0.304. The number of carbonyl (C=O) groups excluding carboxylic acids is 2. The molecule has 4 nitrogen and oxygen atoms in total. The van der Waals surface area contributed by atoms with Gasteiger partial charge < -0.3 is 9.47 Å². The van der Waals surface area contributed by atoms with Crippen molar-refractivity contribution in [2.45, 2.75) is 39.4 Å². The van der Waals surface area contributed by atoms with E-state index in [1.54, 1.807) is 0 Å². The molecule has 0 aromatic rings. The third-order valence-corrected chi connectivity index (χ3v) is 1.83.